The zero-order chi connectivity index (χ0) is 17.0. The van der Waals surface area contributed by atoms with Gasteiger partial charge in [-0.3, -0.25) is 0 Å². The second-order valence-electron chi connectivity index (χ2n) is 4.93. The minimum absolute atomic E-state index is 0.123. The predicted octanol–water partition coefficient (Wildman–Crippen LogP) is 3.39. The van der Waals surface area contributed by atoms with Gasteiger partial charge in [0.2, 0.25) is 0 Å². The van der Waals surface area contributed by atoms with E-state index in [0.29, 0.717) is 0 Å². The van der Waals surface area contributed by atoms with Gasteiger partial charge in [0, 0.05) is 17.8 Å². The molecule has 1 aromatic carbocycles. The third-order valence-electron chi connectivity index (χ3n) is 2.67. The Morgan fingerprint density at radius 3 is 2.74 bits per heavy atom. The van der Waals surface area contributed by atoms with Gasteiger partial charge in [0.05, 0.1) is 11.7 Å². The largest absolute Gasteiger partial charge is 0.460 e. The molecule has 0 N–H and O–H groups in total. The Kier molecular flexibility index (Phi) is 4.83. The summed E-state index contributed by atoms with van der Waals surface area (Å²) in [5.41, 5.74) is -0.542. The first-order chi connectivity index (χ1) is 10.8. The van der Waals surface area contributed by atoms with E-state index in [0.717, 1.165) is 18.2 Å². The van der Waals surface area contributed by atoms with Gasteiger partial charge >= 0.3 is 12.1 Å². The van der Waals surface area contributed by atoms with Gasteiger partial charge in [0.1, 0.15) is 6.33 Å². The maximum absolute atomic E-state index is 12.7. The van der Waals surface area contributed by atoms with E-state index < -0.39 is 17.7 Å². The summed E-state index contributed by atoms with van der Waals surface area (Å²) in [5, 5.41) is 4.00. The van der Waals surface area contributed by atoms with Gasteiger partial charge in [-0.15, -0.1) is 5.10 Å². The number of alkyl halides is 3. The van der Waals surface area contributed by atoms with Crippen LogP contribution in [0, 0.1) is 0 Å². The second-order valence-corrected chi connectivity index (χ2v) is 4.93. The third-order valence-corrected chi connectivity index (χ3v) is 2.67. The monoisotopic (exact) mass is 325 g/mol. The van der Waals surface area contributed by atoms with Crippen LogP contribution in [-0.4, -0.2) is 26.8 Å². The smallest absolute Gasteiger partial charge is 0.416 e. The molecular weight excluding hydrogens is 311 g/mol. The summed E-state index contributed by atoms with van der Waals surface area (Å²) in [7, 11) is 0. The zero-order valence-corrected chi connectivity index (χ0v) is 12.4. The van der Waals surface area contributed by atoms with Crippen molar-refractivity contribution >= 4 is 12.2 Å². The topological polar surface area (TPSA) is 57.0 Å². The van der Waals surface area contributed by atoms with Crippen LogP contribution in [0.4, 0.5) is 13.2 Å². The average molecular weight is 325 g/mol. The molecule has 0 aliphatic heterocycles. The van der Waals surface area contributed by atoms with Crippen molar-refractivity contribution in [2.24, 2.45) is 0 Å². The number of hydrogen-bond donors (Lipinski definition) is 0. The summed E-state index contributed by atoms with van der Waals surface area (Å²) in [4.78, 5) is 15.3. The Labute approximate surface area is 130 Å². The lowest BCUT2D eigenvalue weighted by molar-refractivity contribution is -0.141. The number of esters is 1. The van der Waals surface area contributed by atoms with Crippen LogP contribution in [0.2, 0.25) is 0 Å². The molecule has 0 amide bonds. The Hall–Kier alpha value is -2.64. The van der Waals surface area contributed by atoms with Crippen molar-refractivity contribution in [3.8, 4) is 11.4 Å². The predicted molar refractivity (Wildman–Crippen MR) is 77.0 cm³/mol. The maximum atomic E-state index is 12.7. The molecule has 0 aliphatic carbocycles. The highest BCUT2D eigenvalue weighted by Crippen LogP contribution is 2.31. The molecule has 0 aliphatic rings. The van der Waals surface area contributed by atoms with E-state index in [9.17, 15) is 18.0 Å². The van der Waals surface area contributed by atoms with E-state index in [1.807, 2.05) is 0 Å². The quantitative estimate of drug-likeness (QED) is 0.639. The minimum Gasteiger partial charge on any atom is -0.460 e. The molecule has 5 nitrogen and oxygen atoms in total. The number of hydrogen-bond acceptors (Lipinski definition) is 4. The SMILES string of the molecule is CC(C)OC(=O)C=Cn1cnc(-c2cccc(C(F)(F)F)c2)n1. The minimum atomic E-state index is -4.43. The molecule has 1 heterocycles. The summed E-state index contributed by atoms with van der Waals surface area (Å²) in [5.74, 6) is -0.422. The van der Waals surface area contributed by atoms with Gasteiger partial charge in [-0.25, -0.2) is 14.5 Å². The molecule has 2 aromatic rings. The van der Waals surface area contributed by atoms with Crippen LogP contribution >= 0.6 is 0 Å². The lowest BCUT2D eigenvalue weighted by Gasteiger charge is -2.06. The highest BCUT2D eigenvalue weighted by Gasteiger charge is 2.30. The van der Waals surface area contributed by atoms with E-state index in [2.05, 4.69) is 10.1 Å². The maximum Gasteiger partial charge on any atom is 0.416 e. The summed E-state index contributed by atoms with van der Waals surface area (Å²) in [6.07, 6.45) is -0.920. The lowest BCUT2D eigenvalue weighted by atomic mass is 10.1. The molecule has 2 rings (SSSR count). The first-order valence-electron chi connectivity index (χ1n) is 6.73. The van der Waals surface area contributed by atoms with Crippen molar-refractivity contribution in [1.82, 2.24) is 14.8 Å². The van der Waals surface area contributed by atoms with E-state index >= 15 is 0 Å². The van der Waals surface area contributed by atoms with E-state index in [1.165, 1.54) is 29.3 Å². The van der Waals surface area contributed by atoms with Crippen LogP contribution in [0.25, 0.3) is 17.6 Å². The normalized spacial score (nSPS) is 12.1. The Morgan fingerprint density at radius 1 is 1.35 bits per heavy atom. The van der Waals surface area contributed by atoms with E-state index in [1.54, 1.807) is 13.8 Å². The molecule has 0 saturated carbocycles. The lowest BCUT2D eigenvalue weighted by Crippen LogP contribution is -2.08. The average Bonchev–Trinajstić information content (AvgIpc) is 2.92. The number of nitrogens with zero attached hydrogens (tertiary/aromatic N) is 3. The van der Waals surface area contributed by atoms with Gasteiger partial charge in [-0.1, -0.05) is 12.1 Å². The molecular formula is C15H14F3N3O2. The van der Waals surface area contributed by atoms with Gasteiger partial charge < -0.3 is 4.74 Å². The molecule has 122 valence electrons. The second kappa shape index (κ2) is 6.64. The molecule has 1 aromatic heterocycles. The first kappa shape index (κ1) is 16.7. The van der Waals surface area contributed by atoms with Crippen LogP contribution in [-0.2, 0) is 15.7 Å². The first-order valence-corrected chi connectivity index (χ1v) is 6.73. The Balaban J connectivity index is 2.17. The number of carbonyl (C=O) groups is 1. The molecule has 0 unspecified atom stereocenters. The van der Waals surface area contributed by atoms with Crippen LogP contribution in [0.5, 0.6) is 0 Å². The van der Waals surface area contributed by atoms with E-state index in [-0.39, 0.29) is 17.5 Å². The number of aromatic nitrogens is 3. The van der Waals surface area contributed by atoms with Crippen LogP contribution < -0.4 is 0 Å². The van der Waals surface area contributed by atoms with Gasteiger partial charge in [0.25, 0.3) is 0 Å². The zero-order valence-electron chi connectivity index (χ0n) is 12.4. The molecule has 8 heteroatoms. The summed E-state index contributed by atoms with van der Waals surface area (Å²) in [6, 6.07) is 4.71. The standard InChI is InChI=1S/C15H14F3N3O2/c1-10(2)23-13(22)6-7-21-9-19-14(20-21)11-4-3-5-12(8-11)15(16,17)18/h3-10H,1-2H3. The number of carbonyl (C=O) groups excluding carboxylic acids is 1. The fraction of sp³-hybridized carbons (Fsp3) is 0.267. The summed E-state index contributed by atoms with van der Waals surface area (Å²) < 4.78 is 44.2. The molecule has 0 fully saturated rings. The Bertz CT molecular complexity index is 721. The fourth-order valence-corrected chi connectivity index (χ4v) is 1.72. The summed E-state index contributed by atoms with van der Waals surface area (Å²) in [6.45, 7) is 3.43. The molecule has 0 spiro atoms. The van der Waals surface area contributed by atoms with Crippen LogP contribution in [0.1, 0.15) is 19.4 Å². The summed E-state index contributed by atoms with van der Waals surface area (Å²) >= 11 is 0. The van der Waals surface area contributed by atoms with Gasteiger partial charge in [-0.05, 0) is 26.0 Å². The van der Waals surface area contributed by atoms with Crippen molar-refractivity contribution in [2.75, 3.05) is 0 Å². The Morgan fingerprint density at radius 2 is 2.09 bits per heavy atom. The molecule has 0 saturated heterocycles. The van der Waals surface area contributed by atoms with Crippen molar-refractivity contribution in [3.05, 3.63) is 42.2 Å². The van der Waals surface area contributed by atoms with Crippen molar-refractivity contribution in [1.29, 1.82) is 0 Å². The number of ether oxygens (including phenoxy) is 1. The van der Waals surface area contributed by atoms with Crippen molar-refractivity contribution in [2.45, 2.75) is 26.1 Å². The van der Waals surface area contributed by atoms with Crippen LogP contribution in [0.3, 0.4) is 0 Å². The van der Waals surface area contributed by atoms with Crippen molar-refractivity contribution in [3.63, 3.8) is 0 Å². The third kappa shape index (κ3) is 4.67. The molecule has 0 atom stereocenters. The van der Waals surface area contributed by atoms with E-state index in [4.69, 9.17) is 4.74 Å². The molecule has 0 bridgehead atoms. The number of rotatable bonds is 4. The fourth-order valence-electron chi connectivity index (χ4n) is 1.72. The van der Waals surface area contributed by atoms with Gasteiger partial charge in [-0.2, -0.15) is 13.2 Å². The highest BCUT2D eigenvalue weighted by molar-refractivity contribution is 5.85. The highest BCUT2D eigenvalue weighted by atomic mass is 19.4. The van der Waals surface area contributed by atoms with Crippen LogP contribution in [0.15, 0.2) is 36.7 Å². The molecule has 0 radical (unpaired) electrons. The van der Waals surface area contributed by atoms with Gasteiger partial charge in [0.15, 0.2) is 5.82 Å². The van der Waals surface area contributed by atoms with Crippen molar-refractivity contribution < 1.29 is 22.7 Å². The number of halogens is 3. The number of benzene rings is 1. The molecule has 23 heavy (non-hydrogen) atoms.